The summed E-state index contributed by atoms with van der Waals surface area (Å²) in [7, 11) is 0. The van der Waals surface area contributed by atoms with Crippen molar-refractivity contribution in [1.29, 1.82) is 0 Å². The van der Waals surface area contributed by atoms with Crippen molar-refractivity contribution in [2.24, 2.45) is 0 Å². The Hall–Kier alpha value is -4.20. The van der Waals surface area contributed by atoms with Crippen molar-refractivity contribution in [2.75, 3.05) is 6.54 Å². The highest BCUT2D eigenvalue weighted by Crippen LogP contribution is 2.15. The van der Waals surface area contributed by atoms with E-state index in [1.54, 1.807) is 35.4 Å². The molecule has 0 aliphatic carbocycles. The lowest BCUT2D eigenvalue weighted by molar-refractivity contribution is -0.384. The van der Waals surface area contributed by atoms with Crippen molar-refractivity contribution >= 4 is 23.6 Å². The summed E-state index contributed by atoms with van der Waals surface area (Å²) in [6.45, 7) is 4.28. The summed E-state index contributed by atoms with van der Waals surface area (Å²) in [5, 5.41) is 10.8. The van der Waals surface area contributed by atoms with Gasteiger partial charge in [0.15, 0.2) is 0 Å². The highest BCUT2D eigenvalue weighted by atomic mass is 16.6. The van der Waals surface area contributed by atoms with Crippen LogP contribution in [0.15, 0.2) is 83.5 Å². The molecule has 34 heavy (non-hydrogen) atoms. The normalized spacial score (nSPS) is 11.0. The van der Waals surface area contributed by atoms with E-state index in [0.717, 1.165) is 5.56 Å². The minimum absolute atomic E-state index is 0.0204. The number of benzene rings is 2. The molecule has 0 aliphatic heterocycles. The Kier molecular flexibility index (Phi) is 8.34. The average Bonchev–Trinajstić information content (AvgIpc) is 3.34. The molecule has 0 fully saturated rings. The van der Waals surface area contributed by atoms with Crippen LogP contribution in [-0.2, 0) is 22.7 Å². The lowest BCUT2D eigenvalue weighted by Gasteiger charge is -2.29. The van der Waals surface area contributed by atoms with E-state index in [1.807, 2.05) is 50.2 Å². The molecule has 8 heteroatoms. The van der Waals surface area contributed by atoms with Crippen LogP contribution in [-0.4, -0.2) is 39.1 Å². The molecule has 0 saturated carbocycles. The van der Waals surface area contributed by atoms with Crippen LogP contribution in [0.2, 0.25) is 0 Å². The van der Waals surface area contributed by atoms with Crippen LogP contribution >= 0.6 is 0 Å². The van der Waals surface area contributed by atoms with Crippen LogP contribution in [0, 0.1) is 10.1 Å². The van der Waals surface area contributed by atoms with Crippen LogP contribution in [0.1, 0.15) is 30.7 Å². The second kappa shape index (κ2) is 11.6. The SMILES string of the molecule is CC(C)N(CC(=O)N(Cc1ccccc1)Cc1ccco1)C(=O)/C=C/c1ccc([N+](=O)[O-])cc1. The maximum absolute atomic E-state index is 13.3. The van der Waals surface area contributed by atoms with E-state index in [4.69, 9.17) is 4.42 Å². The standard InChI is InChI=1S/C26H27N3O5/c1-20(2)28(25(30)15-12-21-10-13-23(14-11-21)29(32)33)19-26(31)27(18-24-9-6-16-34-24)17-22-7-4-3-5-8-22/h3-16,20H,17-19H2,1-2H3/b15-12+. The van der Waals surface area contributed by atoms with Gasteiger partial charge in [0.1, 0.15) is 12.3 Å². The molecule has 0 atom stereocenters. The quantitative estimate of drug-likeness (QED) is 0.248. The summed E-state index contributed by atoms with van der Waals surface area (Å²) in [4.78, 5) is 39.7. The van der Waals surface area contributed by atoms with Gasteiger partial charge >= 0.3 is 0 Å². The van der Waals surface area contributed by atoms with Gasteiger partial charge < -0.3 is 14.2 Å². The van der Waals surface area contributed by atoms with Crippen molar-refractivity contribution < 1.29 is 18.9 Å². The Morgan fingerprint density at radius 2 is 1.71 bits per heavy atom. The molecule has 0 unspecified atom stereocenters. The van der Waals surface area contributed by atoms with Crippen molar-refractivity contribution in [2.45, 2.75) is 33.0 Å². The van der Waals surface area contributed by atoms with Crippen LogP contribution in [0.25, 0.3) is 6.08 Å². The molecule has 3 rings (SSSR count). The number of carbonyl (C=O) groups excluding carboxylic acids is 2. The van der Waals surface area contributed by atoms with Gasteiger partial charge in [-0.1, -0.05) is 30.3 Å². The van der Waals surface area contributed by atoms with E-state index in [9.17, 15) is 19.7 Å². The van der Waals surface area contributed by atoms with E-state index in [-0.39, 0.29) is 30.1 Å². The molecule has 2 amide bonds. The monoisotopic (exact) mass is 461 g/mol. The molecule has 0 N–H and O–H groups in total. The van der Waals surface area contributed by atoms with Gasteiger partial charge in [-0.25, -0.2) is 0 Å². The van der Waals surface area contributed by atoms with Crippen LogP contribution in [0.3, 0.4) is 0 Å². The number of furan rings is 1. The number of rotatable bonds is 10. The summed E-state index contributed by atoms with van der Waals surface area (Å²) in [6, 6.07) is 18.9. The number of hydrogen-bond acceptors (Lipinski definition) is 5. The Morgan fingerprint density at radius 1 is 1.00 bits per heavy atom. The third kappa shape index (κ3) is 6.90. The van der Waals surface area contributed by atoms with Crippen molar-refractivity contribution in [1.82, 2.24) is 9.80 Å². The zero-order valence-electron chi connectivity index (χ0n) is 19.2. The van der Waals surface area contributed by atoms with E-state index < -0.39 is 4.92 Å². The minimum Gasteiger partial charge on any atom is -0.467 e. The number of nitro groups is 1. The summed E-state index contributed by atoms with van der Waals surface area (Å²) < 4.78 is 5.43. The van der Waals surface area contributed by atoms with Crippen molar-refractivity contribution in [3.8, 4) is 0 Å². The number of non-ortho nitro benzene ring substituents is 1. The predicted octanol–water partition coefficient (Wildman–Crippen LogP) is 4.67. The first-order valence-electron chi connectivity index (χ1n) is 10.9. The second-order valence-electron chi connectivity index (χ2n) is 8.06. The molecule has 176 valence electrons. The van der Waals surface area contributed by atoms with Gasteiger partial charge in [-0.2, -0.15) is 0 Å². The van der Waals surface area contributed by atoms with Gasteiger partial charge in [0, 0.05) is 30.8 Å². The molecule has 8 nitrogen and oxygen atoms in total. The summed E-state index contributed by atoms with van der Waals surface area (Å²) in [5.74, 6) is 0.134. The van der Waals surface area contributed by atoms with Gasteiger partial charge in [-0.05, 0) is 55.3 Å². The van der Waals surface area contributed by atoms with Crippen LogP contribution < -0.4 is 0 Å². The predicted molar refractivity (Wildman–Crippen MR) is 128 cm³/mol. The highest BCUT2D eigenvalue weighted by Gasteiger charge is 2.23. The summed E-state index contributed by atoms with van der Waals surface area (Å²) in [6.07, 6.45) is 4.52. The molecule has 1 aromatic heterocycles. The van der Waals surface area contributed by atoms with Gasteiger partial charge in [0.05, 0.1) is 17.7 Å². The molecule has 0 aliphatic rings. The second-order valence-corrected chi connectivity index (χ2v) is 8.06. The van der Waals surface area contributed by atoms with E-state index in [2.05, 4.69) is 0 Å². The molecule has 1 heterocycles. The molecule has 2 aromatic carbocycles. The summed E-state index contributed by atoms with van der Waals surface area (Å²) >= 11 is 0. The Bertz CT molecular complexity index is 1120. The lowest BCUT2D eigenvalue weighted by Crippen LogP contribution is -2.45. The number of amides is 2. The van der Waals surface area contributed by atoms with Crippen LogP contribution in [0.4, 0.5) is 5.69 Å². The molecular formula is C26H27N3O5. The van der Waals surface area contributed by atoms with Gasteiger partial charge in [0.2, 0.25) is 11.8 Å². The highest BCUT2D eigenvalue weighted by molar-refractivity contribution is 5.94. The molecule has 0 bridgehead atoms. The van der Waals surface area contributed by atoms with Gasteiger partial charge in [0.25, 0.3) is 5.69 Å². The molecule has 3 aromatic rings. The first-order chi connectivity index (χ1) is 16.3. The summed E-state index contributed by atoms with van der Waals surface area (Å²) in [5.41, 5.74) is 1.60. The van der Waals surface area contributed by atoms with Crippen LogP contribution in [0.5, 0.6) is 0 Å². The fraction of sp³-hybridized carbons (Fsp3) is 0.231. The van der Waals surface area contributed by atoms with Gasteiger partial charge in [-0.15, -0.1) is 0 Å². The largest absolute Gasteiger partial charge is 0.467 e. The van der Waals surface area contributed by atoms with E-state index >= 15 is 0 Å². The molecule has 0 saturated heterocycles. The number of nitrogens with zero attached hydrogens (tertiary/aromatic N) is 3. The maximum Gasteiger partial charge on any atom is 0.269 e. The number of nitro benzene ring substituents is 1. The molecule has 0 radical (unpaired) electrons. The first kappa shape index (κ1) is 24.4. The Morgan fingerprint density at radius 3 is 2.29 bits per heavy atom. The maximum atomic E-state index is 13.3. The Labute approximate surface area is 198 Å². The van der Waals surface area contributed by atoms with E-state index in [1.165, 1.54) is 23.1 Å². The topological polar surface area (TPSA) is 96.9 Å². The van der Waals surface area contributed by atoms with Crippen molar-refractivity contribution in [3.05, 3.63) is 106 Å². The first-order valence-corrected chi connectivity index (χ1v) is 10.9. The zero-order chi connectivity index (χ0) is 24.5. The van der Waals surface area contributed by atoms with E-state index in [0.29, 0.717) is 24.4 Å². The molecular weight excluding hydrogens is 434 g/mol. The fourth-order valence-corrected chi connectivity index (χ4v) is 3.36. The fourth-order valence-electron chi connectivity index (χ4n) is 3.36. The number of hydrogen-bond donors (Lipinski definition) is 0. The average molecular weight is 462 g/mol. The smallest absolute Gasteiger partial charge is 0.269 e. The molecule has 0 spiro atoms. The Balaban J connectivity index is 1.72. The number of carbonyl (C=O) groups is 2. The van der Waals surface area contributed by atoms with Gasteiger partial charge in [-0.3, -0.25) is 19.7 Å². The van der Waals surface area contributed by atoms with Crippen molar-refractivity contribution in [3.63, 3.8) is 0 Å². The third-order valence-corrected chi connectivity index (χ3v) is 5.23. The lowest BCUT2D eigenvalue weighted by atomic mass is 10.2. The minimum atomic E-state index is -0.478. The third-order valence-electron chi connectivity index (χ3n) is 5.23. The zero-order valence-corrected chi connectivity index (χ0v) is 19.2.